The molecule has 0 radical (unpaired) electrons. The number of rotatable bonds is 4. The molecule has 1 aliphatic heterocycles. The molecule has 1 aliphatic rings. The smallest absolute Gasteiger partial charge is 0.328 e. The molecule has 1 rings (SSSR count). The summed E-state index contributed by atoms with van der Waals surface area (Å²) in [5.74, 6) is -2.20. The maximum absolute atomic E-state index is 12.6. The topological polar surface area (TPSA) is 81.7 Å². The standard InChI is InChI=1S/C19H33NO5/c1-3-24-18(22)15-13-11-9-7-5-6-8-10-12-14-16(20-17(15)21)19(23)25-4-2/h15-16H,3-14H2,1-2H3,(H,20,21). The number of hydrogen-bond donors (Lipinski definition) is 1. The van der Waals surface area contributed by atoms with Gasteiger partial charge in [0.25, 0.3) is 0 Å². The zero-order valence-electron chi connectivity index (χ0n) is 15.7. The largest absolute Gasteiger partial charge is 0.465 e. The van der Waals surface area contributed by atoms with E-state index in [0.717, 1.165) is 38.5 Å². The van der Waals surface area contributed by atoms with Crippen LogP contribution in [0.3, 0.4) is 0 Å². The van der Waals surface area contributed by atoms with Crippen LogP contribution in [-0.4, -0.2) is 37.1 Å². The molecule has 2 atom stereocenters. The molecule has 1 fully saturated rings. The lowest BCUT2D eigenvalue weighted by molar-refractivity contribution is -0.155. The number of amides is 1. The third kappa shape index (κ3) is 8.36. The fraction of sp³-hybridized carbons (Fsp3) is 0.842. The second-order valence-electron chi connectivity index (χ2n) is 6.52. The number of hydrogen-bond acceptors (Lipinski definition) is 5. The van der Waals surface area contributed by atoms with Gasteiger partial charge in [-0.3, -0.25) is 9.59 Å². The van der Waals surface area contributed by atoms with Gasteiger partial charge in [-0.15, -0.1) is 0 Å². The van der Waals surface area contributed by atoms with Crippen LogP contribution in [-0.2, 0) is 23.9 Å². The van der Waals surface area contributed by atoms with Gasteiger partial charge >= 0.3 is 11.9 Å². The second-order valence-corrected chi connectivity index (χ2v) is 6.52. The highest BCUT2D eigenvalue weighted by Crippen LogP contribution is 2.17. The highest BCUT2D eigenvalue weighted by atomic mass is 16.5. The summed E-state index contributed by atoms with van der Waals surface area (Å²) in [6, 6.07) is -0.688. The van der Waals surface area contributed by atoms with Crippen LogP contribution in [0.5, 0.6) is 0 Å². The van der Waals surface area contributed by atoms with Crippen molar-refractivity contribution >= 4 is 17.8 Å². The zero-order chi connectivity index (χ0) is 18.5. The van der Waals surface area contributed by atoms with Crippen molar-refractivity contribution in [1.82, 2.24) is 5.32 Å². The van der Waals surface area contributed by atoms with Crippen molar-refractivity contribution in [1.29, 1.82) is 0 Å². The molecule has 0 aromatic heterocycles. The highest BCUT2D eigenvalue weighted by molar-refractivity contribution is 5.99. The Kier molecular flexibility index (Phi) is 10.9. The molecule has 1 saturated heterocycles. The minimum Gasteiger partial charge on any atom is -0.465 e. The Labute approximate surface area is 151 Å². The van der Waals surface area contributed by atoms with Gasteiger partial charge < -0.3 is 14.8 Å². The van der Waals surface area contributed by atoms with E-state index in [4.69, 9.17) is 9.47 Å². The maximum Gasteiger partial charge on any atom is 0.328 e. The third-order valence-corrected chi connectivity index (χ3v) is 4.51. The highest BCUT2D eigenvalue weighted by Gasteiger charge is 2.31. The minimum absolute atomic E-state index is 0.240. The van der Waals surface area contributed by atoms with E-state index < -0.39 is 29.8 Å². The molecule has 6 heteroatoms. The quantitative estimate of drug-likeness (QED) is 0.619. The fourth-order valence-electron chi connectivity index (χ4n) is 3.12. The van der Waals surface area contributed by atoms with E-state index in [0.29, 0.717) is 12.8 Å². The molecule has 144 valence electrons. The monoisotopic (exact) mass is 355 g/mol. The predicted octanol–water partition coefficient (Wildman–Crippen LogP) is 3.13. The summed E-state index contributed by atoms with van der Waals surface area (Å²) in [6.07, 6.45) is 9.35. The first kappa shape index (κ1) is 21.5. The van der Waals surface area contributed by atoms with E-state index in [1.54, 1.807) is 13.8 Å². The number of carbonyl (C=O) groups excluding carboxylic acids is 3. The van der Waals surface area contributed by atoms with Crippen molar-refractivity contribution in [3.63, 3.8) is 0 Å². The van der Waals surface area contributed by atoms with Crippen molar-refractivity contribution < 1.29 is 23.9 Å². The van der Waals surface area contributed by atoms with Crippen molar-refractivity contribution in [2.24, 2.45) is 5.92 Å². The van der Waals surface area contributed by atoms with E-state index in [1.807, 2.05) is 0 Å². The molecule has 0 spiro atoms. The van der Waals surface area contributed by atoms with Gasteiger partial charge in [-0.25, -0.2) is 4.79 Å². The molecule has 0 bridgehead atoms. The van der Waals surface area contributed by atoms with Gasteiger partial charge in [0, 0.05) is 0 Å². The first-order valence-corrected chi connectivity index (χ1v) is 9.73. The Bertz CT molecular complexity index is 424. The first-order chi connectivity index (χ1) is 12.1. The predicted molar refractivity (Wildman–Crippen MR) is 94.9 cm³/mol. The molecule has 6 nitrogen and oxygen atoms in total. The van der Waals surface area contributed by atoms with E-state index in [1.165, 1.54) is 12.8 Å². The fourth-order valence-corrected chi connectivity index (χ4v) is 3.12. The SMILES string of the molecule is CCOC(=O)C1CCCCCCCCCCC(C(=O)OCC)C(=O)N1. The normalized spacial score (nSPS) is 23.8. The number of carbonyl (C=O) groups is 3. The number of ether oxygens (including phenoxy) is 2. The van der Waals surface area contributed by atoms with Gasteiger partial charge in [-0.1, -0.05) is 51.4 Å². The average molecular weight is 355 g/mol. The lowest BCUT2D eigenvalue weighted by Gasteiger charge is -2.21. The van der Waals surface area contributed by atoms with Crippen LogP contribution in [0.4, 0.5) is 0 Å². The molecule has 1 heterocycles. The van der Waals surface area contributed by atoms with E-state index >= 15 is 0 Å². The van der Waals surface area contributed by atoms with Crippen LogP contribution < -0.4 is 5.32 Å². The van der Waals surface area contributed by atoms with Gasteiger partial charge in [0.2, 0.25) is 5.91 Å². The Balaban J connectivity index is 2.81. The lowest BCUT2D eigenvalue weighted by Crippen LogP contribution is -2.46. The summed E-state index contributed by atoms with van der Waals surface area (Å²) >= 11 is 0. The molecule has 0 aliphatic carbocycles. The molecular formula is C19H33NO5. The molecule has 0 aromatic carbocycles. The Hall–Kier alpha value is -1.59. The maximum atomic E-state index is 12.6. The second kappa shape index (κ2) is 12.7. The Morgan fingerprint density at radius 1 is 0.840 bits per heavy atom. The van der Waals surface area contributed by atoms with E-state index in [-0.39, 0.29) is 13.2 Å². The van der Waals surface area contributed by atoms with Gasteiger partial charge in [-0.2, -0.15) is 0 Å². The van der Waals surface area contributed by atoms with Crippen molar-refractivity contribution in [2.75, 3.05) is 13.2 Å². The molecule has 1 N–H and O–H groups in total. The summed E-state index contributed by atoms with van der Waals surface area (Å²) < 4.78 is 10.1. The molecule has 25 heavy (non-hydrogen) atoms. The van der Waals surface area contributed by atoms with Gasteiger partial charge in [0.05, 0.1) is 13.2 Å². The molecule has 1 amide bonds. The van der Waals surface area contributed by atoms with Crippen LogP contribution >= 0.6 is 0 Å². The Morgan fingerprint density at radius 2 is 1.32 bits per heavy atom. The van der Waals surface area contributed by atoms with Crippen molar-refractivity contribution in [3.05, 3.63) is 0 Å². The lowest BCUT2D eigenvalue weighted by atomic mass is 9.97. The summed E-state index contributed by atoms with van der Waals surface area (Å²) in [4.78, 5) is 36.9. The van der Waals surface area contributed by atoms with Crippen LogP contribution in [0.25, 0.3) is 0 Å². The van der Waals surface area contributed by atoms with Crippen molar-refractivity contribution in [3.8, 4) is 0 Å². The van der Waals surface area contributed by atoms with E-state index in [9.17, 15) is 14.4 Å². The minimum atomic E-state index is -0.847. The molecule has 2 unspecified atom stereocenters. The summed E-state index contributed by atoms with van der Waals surface area (Å²) in [5.41, 5.74) is 0. The van der Waals surface area contributed by atoms with Crippen LogP contribution in [0.1, 0.15) is 78.1 Å². The van der Waals surface area contributed by atoms with Gasteiger partial charge in [-0.05, 0) is 26.7 Å². The summed E-state index contributed by atoms with van der Waals surface area (Å²) in [5, 5.41) is 2.73. The number of nitrogens with one attached hydrogen (secondary N) is 1. The van der Waals surface area contributed by atoms with Gasteiger partial charge in [0.15, 0.2) is 0 Å². The summed E-state index contributed by atoms with van der Waals surface area (Å²) in [6.45, 7) is 3.97. The number of esters is 2. The third-order valence-electron chi connectivity index (χ3n) is 4.51. The van der Waals surface area contributed by atoms with Crippen LogP contribution in [0, 0.1) is 5.92 Å². The molecule has 0 aromatic rings. The Morgan fingerprint density at radius 3 is 1.88 bits per heavy atom. The zero-order valence-corrected chi connectivity index (χ0v) is 15.7. The average Bonchev–Trinajstić information content (AvgIpc) is 2.58. The summed E-state index contributed by atoms with van der Waals surface area (Å²) in [7, 11) is 0. The van der Waals surface area contributed by atoms with Crippen LogP contribution in [0.2, 0.25) is 0 Å². The van der Waals surface area contributed by atoms with Crippen molar-refractivity contribution in [2.45, 2.75) is 84.1 Å². The molecular weight excluding hydrogens is 322 g/mol. The van der Waals surface area contributed by atoms with Gasteiger partial charge in [0.1, 0.15) is 12.0 Å². The van der Waals surface area contributed by atoms with Crippen LogP contribution in [0.15, 0.2) is 0 Å². The molecule has 0 saturated carbocycles. The van der Waals surface area contributed by atoms with E-state index in [2.05, 4.69) is 5.32 Å². The first-order valence-electron chi connectivity index (χ1n) is 9.73.